The van der Waals surface area contributed by atoms with Gasteiger partial charge in [0.1, 0.15) is 0 Å². The van der Waals surface area contributed by atoms with E-state index in [1.165, 1.54) is 4.90 Å². The molecule has 2 N–H and O–H groups in total. The Hall–Kier alpha value is -0.330. The molecular formula is C11H21F3N2O. The van der Waals surface area contributed by atoms with Gasteiger partial charge in [0.2, 0.25) is 0 Å². The van der Waals surface area contributed by atoms with E-state index in [9.17, 15) is 18.3 Å². The summed E-state index contributed by atoms with van der Waals surface area (Å²) >= 11 is 0. The summed E-state index contributed by atoms with van der Waals surface area (Å²) in [5.74, 6) is 0. The molecule has 1 fully saturated rings. The number of hydrogen-bond acceptors (Lipinski definition) is 3. The summed E-state index contributed by atoms with van der Waals surface area (Å²) < 4.78 is 37.0. The zero-order valence-electron chi connectivity index (χ0n) is 10.3. The van der Waals surface area contributed by atoms with Crippen molar-refractivity contribution in [3.8, 4) is 0 Å². The van der Waals surface area contributed by atoms with Gasteiger partial charge in [0, 0.05) is 25.2 Å². The van der Waals surface area contributed by atoms with Crippen LogP contribution in [-0.4, -0.2) is 54.0 Å². The van der Waals surface area contributed by atoms with Gasteiger partial charge < -0.3 is 10.4 Å². The van der Waals surface area contributed by atoms with E-state index < -0.39 is 18.8 Å². The third kappa shape index (κ3) is 6.85. The highest BCUT2D eigenvalue weighted by atomic mass is 19.4. The van der Waals surface area contributed by atoms with Crippen LogP contribution in [0.5, 0.6) is 0 Å². The van der Waals surface area contributed by atoms with Crippen molar-refractivity contribution >= 4 is 0 Å². The summed E-state index contributed by atoms with van der Waals surface area (Å²) in [6.07, 6.45) is -3.32. The minimum absolute atomic E-state index is 0.00493. The Morgan fingerprint density at radius 2 is 1.94 bits per heavy atom. The first kappa shape index (κ1) is 14.7. The zero-order valence-corrected chi connectivity index (χ0v) is 10.3. The van der Waals surface area contributed by atoms with Crippen LogP contribution < -0.4 is 5.32 Å². The van der Waals surface area contributed by atoms with Crippen molar-refractivity contribution < 1.29 is 18.3 Å². The minimum Gasteiger partial charge on any atom is -0.390 e. The Morgan fingerprint density at radius 3 is 2.35 bits per heavy atom. The molecule has 0 aromatic heterocycles. The molecule has 1 atom stereocenters. The zero-order chi connectivity index (χ0) is 13.1. The predicted molar refractivity (Wildman–Crippen MR) is 59.8 cm³/mol. The van der Waals surface area contributed by atoms with Crippen molar-refractivity contribution in [2.45, 2.75) is 51.1 Å². The number of alkyl halides is 3. The van der Waals surface area contributed by atoms with Crippen LogP contribution in [0.4, 0.5) is 13.2 Å². The molecule has 6 heteroatoms. The van der Waals surface area contributed by atoms with Crippen LogP contribution in [-0.2, 0) is 0 Å². The highest BCUT2D eigenvalue weighted by Gasteiger charge is 2.38. The molecule has 1 saturated carbocycles. The average molecular weight is 254 g/mol. The molecule has 1 aliphatic rings. The van der Waals surface area contributed by atoms with Crippen LogP contribution in [0.25, 0.3) is 0 Å². The van der Waals surface area contributed by atoms with Crippen molar-refractivity contribution in [2.75, 3.05) is 19.6 Å². The Labute approximate surface area is 100.0 Å². The van der Waals surface area contributed by atoms with Crippen molar-refractivity contribution in [3.05, 3.63) is 0 Å². The van der Waals surface area contributed by atoms with Gasteiger partial charge >= 0.3 is 6.18 Å². The van der Waals surface area contributed by atoms with E-state index in [1.54, 1.807) is 0 Å². The monoisotopic (exact) mass is 254 g/mol. The molecule has 1 aliphatic carbocycles. The van der Waals surface area contributed by atoms with Gasteiger partial charge in [-0.25, -0.2) is 0 Å². The van der Waals surface area contributed by atoms with Gasteiger partial charge in [-0.2, -0.15) is 13.2 Å². The van der Waals surface area contributed by atoms with Crippen molar-refractivity contribution in [1.29, 1.82) is 0 Å². The average Bonchev–Trinajstić information content (AvgIpc) is 2.94. The Balaban J connectivity index is 2.33. The molecule has 0 spiro atoms. The predicted octanol–water partition coefficient (Wildman–Crippen LogP) is 1.37. The van der Waals surface area contributed by atoms with Gasteiger partial charge in [0.25, 0.3) is 0 Å². The standard InChI is InChI=1S/C11H21F3N2O/c1-8(2)15-5-10(17)6-16(9-3-4-9)7-11(12,13)14/h8-10,15,17H,3-7H2,1-2H3. The summed E-state index contributed by atoms with van der Waals surface area (Å²) in [6.45, 7) is 3.36. The number of nitrogens with zero attached hydrogens (tertiary/aromatic N) is 1. The molecule has 0 aromatic rings. The number of hydrogen-bond donors (Lipinski definition) is 2. The molecule has 102 valence electrons. The van der Waals surface area contributed by atoms with E-state index >= 15 is 0 Å². The molecule has 1 rings (SSSR count). The van der Waals surface area contributed by atoms with Crippen molar-refractivity contribution in [1.82, 2.24) is 10.2 Å². The second kappa shape index (κ2) is 6.02. The summed E-state index contributed by atoms with van der Waals surface area (Å²) in [5, 5.41) is 12.7. The first-order valence-electron chi connectivity index (χ1n) is 6.00. The van der Waals surface area contributed by atoms with Crippen LogP contribution in [0.1, 0.15) is 26.7 Å². The summed E-state index contributed by atoms with van der Waals surface area (Å²) in [7, 11) is 0. The highest BCUT2D eigenvalue weighted by molar-refractivity contribution is 4.87. The molecule has 0 amide bonds. The lowest BCUT2D eigenvalue weighted by Gasteiger charge is -2.26. The second-order valence-corrected chi connectivity index (χ2v) is 4.99. The minimum atomic E-state index is -4.19. The van der Waals surface area contributed by atoms with Gasteiger partial charge in [-0.3, -0.25) is 4.90 Å². The Morgan fingerprint density at radius 1 is 1.35 bits per heavy atom. The summed E-state index contributed by atoms with van der Waals surface area (Å²) in [5.41, 5.74) is 0. The lowest BCUT2D eigenvalue weighted by molar-refractivity contribution is -0.149. The van der Waals surface area contributed by atoms with Gasteiger partial charge in [0.15, 0.2) is 0 Å². The van der Waals surface area contributed by atoms with Crippen LogP contribution >= 0.6 is 0 Å². The maximum Gasteiger partial charge on any atom is 0.401 e. The maximum atomic E-state index is 12.3. The largest absolute Gasteiger partial charge is 0.401 e. The van der Waals surface area contributed by atoms with Crippen LogP contribution in [0.2, 0.25) is 0 Å². The Bertz CT molecular complexity index is 229. The molecule has 0 aliphatic heterocycles. The van der Waals surface area contributed by atoms with E-state index in [0.29, 0.717) is 6.54 Å². The smallest absolute Gasteiger partial charge is 0.390 e. The number of halogens is 3. The third-order valence-corrected chi connectivity index (χ3v) is 2.65. The summed E-state index contributed by atoms with van der Waals surface area (Å²) in [4.78, 5) is 1.34. The third-order valence-electron chi connectivity index (χ3n) is 2.65. The van der Waals surface area contributed by atoms with Crippen molar-refractivity contribution in [2.24, 2.45) is 0 Å². The SMILES string of the molecule is CC(C)NCC(O)CN(CC(F)(F)F)C1CC1. The number of aliphatic hydroxyl groups excluding tert-OH is 1. The van der Waals surface area contributed by atoms with E-state index in [-0.39, 0.29) is 18.6 Å². The van der Waals surface area contributed by atoms with Crippen LogP contribution in [0.3, 0.4) is 0 Å². The molecule has 0 aromatic carbocycles. The molecule has 1 unspecified atom stereocenters. The number of aliphatic hydroxyl groups is 1. The fraction of sp³-hybridized carbons (Fsp3) is 1.00. The van der Waals surface area contributed by atoms with Gasteiger partial charge in [0.05, 0.1) is 12.6 Å². The molecule has 17 heavy (non-hydrogen) atoms. The van der Waals surface area contributed by atoms with Gasteiger partial charge in [-0.1, -0.05) is 13.8 Å². The molecular weight excluding hydrogens is 233 g/mol. The topological polar surface area (TPSA) is 35.5 Å². The highest BCUT2D eigenvalue weighted by Crippen LogP contribution is 2.30. The number of rotatable bonds is 7. The molecule has 0 heterocycles. The fourth-order valence-electron chi connectivity index (χ4n) is 1.72. The molecule has 0 bridgehead atoms. The van der Waals surface area contributed by atoms with Crippen LogP contribution in [0, 0.1) is 0 Å². The maximum absolute atomic E-state index is 12.3. The van der Waals surface area contributed by atoms with E-state index in [1.807, 2.05) is 13.8 Å². The van der Waals surface area contributed by atoms with Gasteiger partial charge in [-0.05, 0) is 12.8 Å². The fourth-order valence-corrected chi connectivity index (χ4v) is 1.72. The van der Waals surface area contributed by atoms with Gasteiger partial charge in [-0.15, -0.1) is 0 Å². The molecule has 0 saturated heterocycles. The molecule has 3 nitrogen and oxygen atoms in total. The first-order chi connectivity index (χ1) is 7.78. The lowest BCUT2D eigenvalue weighted by atomic mass is 10.2. The van der Waals surface area contributed by atoms with Crippen molar-refractivity contribution in [3.63, 3.8) is 0 Å². The van der Waals surface area contributed by atoms with E-state index in [2.05, 4.69) is 5.32 Å². The van der Waals surface area contributed by atoms with E-state index in [0.717, 1.165) is 12.8 Å². The molecule has 0 radical (unpaired) electrons. The van der Waals surface area contributed by atoms with E-state index in [4.69, 9.17) is 0 Å². The first-order valence-corrected chi connectivity index (χ1v) is 6.00. The summed E-state index contributed by atoms with van der Waals surface area (Å²) in [6, 6.07) is 0.229. The quantitative estimate of drug-likeness (QED) is 0.720. The lowest BCUT2D eigenvalue weighted by Crippen LogP contribution is -2.44. The van der Waals surface area contributed by atoms with Crippen LogP contribution in [0.15, 0.2) is 0 Å². The number of nitrogens with one attached hydrogen (secondary N) is 1. The second-order valence-electron chi connectivity index (χ2n) is 4.99. The Kier molecular flexibility index (Phi) is 5.22. The normalized spacial score (nSPS) is 19.1.